The molecule has 0 atom stereocenters. The van der Waals surface area contributed by atoms with Crippen LogP contribution in [-0.4, -0.2) is 36.4 Å². The van der Waals surface area contributed by atoms with Crippen molar-refractivity contribution in [2.75, 3.05) is 20.6 Å². The second kappa shape index (κ2) is 6.60. The number of amides is 1. The first kappa shape index (κ1) is 13.1. The number of aromatic nitrogens is 1. The van der Waals surface area contributed by atoms with E-state index in [1.165, 1.54) is 0 Å². The molecule has 0 spiro atoms. The molecule has 0 radical (unpaired) electrons. The van der Waals surface area contributed by atoms with E-state index >= 15 is 0 Å². The van der Waals surface area contributed by atoms with Crippen LogP contribution >= 0.6 is 11.3 Å². The van der Waals surface area contributed by atoms with E-state index in [0.29, 0.717) is 6.42 Å². The Morgan fingerprint density at radius 1 is 1.56 bits per heavy atom. The van der Waals surface area contributed by atoms with Crippen LogP contribution in [0.3, 0.4) is 0 Å². The van der Waals surface area contributed by atoms with E-state index in [-0.39, 0.29) is 5.91 Å². The highest BCUT2D eigenvalue weighted by molar-refractivity contribution is 7.09. The van der Waals surface area contributed by atoms with Crippen LogP contribution < -0.4 is 5.32 Å². The molecule has 0 saturated carbocycles. The molecule has 0 fully saturated rings. The molecule has 90 valence electrons. The summed E-state index contributed by atoms with van der Waals surface area (Å²) < 4.78 is 0. The molecule has 1 amide bonds. The predicted molar refractivity (Wildman–Crippen MR) is 66.5 cm³/mol. The summed E-state index contributed by atoms with van der Waals surface area (Å²) in [5.41, 5.74) is 1.08. The molecule has 5 heteroatoms. The molecule has 1 aromatic rings. The van der Waals surface area contributed by atoms with Gasteiger partial charge in [-0.3, -0.25) is 4.79 Å². The Kier molecular flexibility index (Phi) is 5.42. The molecular weight excluding hydrogens is 222 g/mol. The zero-order chi connectivity index (χ0) is 12.0. The minimum Gasteiger partial charge on any atom is -0.349 e. The lowest BCUT2D eigenvalue weighted by molar-refractivity contribution is -0.128. The fraction of sp³-hybridized carbons (Fsp3) is 0.636. The molecule has 1 rings (SSSR count). The molecule has 1 N–H and O–H groups in total. The summed E-state index contributed by atoms with van der Waals surface area (Å²) in [6, 6.07) is 0. The van der Waals surface area contributed by atoms with Crippen LogP contribution in [0.5, 0.6) is 0 Å². The van der Waals surface area contributed by atoms with E-state index in [2.05, 4.69) is 15.7 Å². The monoisotopic (exact) mass is 241 g/mol. The summed E-state index contributed by atoms with van der Waals surface area (Å²) in [6.45, 7) is 3.65. The third-order valence-corrected chi connectivity index (χ3v) is 3.04. The summed E-state index contributed by atoms with van der Waals surface area (Å²) in [5.74, 6) is 0.186. The number of rotatable bonds is 6. The first-order chi connectivity index (χ1) is 7.59. The molecule has 1 heterocycles. The first-order valence-corrected chi connectivity index (χ1v) is 6.29. The minimum absolute atomic E-state index is 0.186. The van der Waals surface area contributed by atoms with Gasteiger partial charge < -0.3 is 10.2 Å². The molecule has 4 nitrogen and oxygen atoms in total. The van der Waals surface area contributed by atoms with Crippen molar-refractivity contribution >= 4 is 17.2 Å². The van der Waals surface area contributed by atoms with Gasteiger partial charge in [-0.2, -0.15) is 0 Å². The zero-order valence-corrected chi connectivity index (χ0v) is 10.9. The van der Waals surface area contributed by atoms with E-state index in [1.54, 1.807) is 30.3 Å². The van der Waals surface area contributed by atoms with Crippen molar-refractivity contribution < 1.29 is 4.79 Å². The average Bonchev–Trinajstić information content (AvgIpc) is 2.63. The predicted octanol–water partition coefficient (Wildman–Crippen LogP) is 1.41. The van der Waals surface area contributed by atoms with Crippen molar-refractivity contribution in [3.63, 3.8) is 0 Å². The van der Waals surface area contributed by atoms with Gasteiger partial charge in [0.1, 0.15) is 0 Å². The van der Waals surface area contributed by atoms with Gasteiger partial charge in [-0.05, 0) is 19.9 Å². The lowest BCUT2D eigenvalue weighted by Crippen LogP contribution is -2.23. The van der Waals surface area contributed by atoms with Crippen molar-refractivity contribution in [1.82, 2.24) is 15.2 Å². The fourth-order valence-electron chi connectivity index (χ4n) is 1.29. The summed E-state index contributed by atoms with van der Waals surface area (Å²) in [4.78, 5) is 17.2. The number of hydrogen-bond acceptors (Lipinski definition) is 4. The Morgan fingerprint density at radius 3 is 2.88 bits per heavy atom. The number of nitrogens with zero attached hydrogens (tertiary/aromatic N) is 2. The SMILES string of the molecule is Cc1nc(CNCCCC(=O)N(C)C)cs1. The second-order valence-corrected chi connectivity index (χ2v) is 4.99. The number of aryl methyl sites for hydroxylation is 1. The number of hydrogen-bond donors (Lipinski definition) is 1. The van der Waals surface area contributed by atoms with Crippen LogP contribution in [0.1, 0.15) is 23.5 Å². The van der Waals surface area contributed by atoms with E-state index in [1.807, 2.05) is 6.92 Å². The van der Waals surface area contributed by atoms with E-state index < -0.39 is 0 Å². The summed E-state index contributed by atoms with van der Waals surface area (Å²) in [6.07, 6.45) is 1.48. The van der Waals surface area contributed by atoms with Crippen LogP contribution in [0.4, 0.5) is 0 Å². The van der Waals surface area contributed by atoms with Crippen LogP contribution in [0.15, 0.2) is 5.38 Å². The van der Waals surface area contributed by atoms with Crippen molar-refractivity contribution in [3.05, 3.63) is 16.1 Å². The van der Waals surface area contributed by atoms with Crippen LogP contribution in [-0.2, 0) is 11.3 Å². The fourth-order valence-corrected chi connectivity index (χ4v) is 1.91. The van der Waals surface area contributed by atoms with Crippen molar-refractivity contribution in [2.45, 2.75) is 26.3 Å². The third-order valence-electron chi connectivity index (χ3n) is 2.22. The number of carbonyl (C=O) groups excluding carboxylic acids is 1. The molecule has 1 aromatic heterocycles. The third kappa shape index (κ3) is 4.72. The largest absolute Gasteiger partial charge is 0.349 e. The molecule has 0 saturated heterocycles. The zero-order valence-electron chi connectivity index (χ0n) is 10.1. The quantitative estimate of drug-likeness (QED) is 0.766. The van der Waals surface area contributed by atoms with Crippen LogP contribution in [0, 0.1) is 6.92 Å². The molecule has 0 aliphatic carbocycles. The minimum atomic E-state index is 0.186. The maximum absolute atomic E-state index is 11.3. The molecular formula is C11H19N3OS. The molecule has 0 aromatic carbocycles. The summed E-state index contributed by atoms with van der Waals surface area (Å²) in [5, 5.41) is 6.44. The molecule has 0 unspecified atom stereocenters. The maximum Gasteiger partial charge on any atom is 0.222 e. The van der Waals surface area contributed by atoms with E-state index in [4.69, 9.17) is 0 Å². The second-order valence-electron chi connectivity index (χ2n) is 3.93. The topological polar surface area (TPSA) is 45.2 Å². The van der Waals surface area contributed by atoms with Gasteiger partial charge >= 0.3 is 0 Å². The number of nitrogens with one attached hydrogen (secondary N) is 1. The smallest absolute Gasteiger partial charge is 0.222 e. The molecule has 16 heavy (non-hydrogen) atoms. The Balaban J connectivity index is 2.06. The number of carbonyl (C=O) groups is 1. The summed E-state index contributed by atoms with van der Waals surface area (Å²) >= 11 is 1.67. The standard InChI is InChI=1S/C11H19N3OS/c1-9-13-10(8-16-9)7-12-6-4-5-11(15)14(2)3/h8,12H,4-7H2,1-3H3. The Morgan fingerprint density at radius 2 is 2.31 bits per heavy atom. The lowest BCUT2D eigenvalue weighted by atomic mass is 10.3. The average molecular weight is 241 g/mol. The van der Waals surface area contributed by atoms with Crippen LogP contribution in [0.25, 0.3) is 0 Å². The highest BCUT2D eigenvalue weighted by Crippen LogP contribution is 2.07. The first-order valence-electron chi connectivity index (χ1n) is 5.41. The van der Waals surface area contributed by atoms with Crippen LogP contribution in [0.2, 0.25) is 0 Å². The van der Waals surface area contributed by atoms with Gasteiger partial charge in [0.2, 0.25) is 5.91 Å². The van der Waals surface area contributed by atoms with E-state index in [0.717, 1.165) is 30.2 Å². The van der Waals surface area contributed by atoms with Crippen molar-refractivity contribution in [2.24, 2.45) is 0 Å². The van der Waals surface area contributed by atoms with Gasteiger partial charge in [-0.15, -0.1) is 11.3 Å². The van der Waals surface area contributed by atoms with Gasteiger partial charge in [0.15, 0.2) is 0 Å². The highest BCUT2D eigenvalue weighted by Gasteiger charge is 2.02. The number of thiazole rings is 1. The Labute approximate surface area is 101 Å². The molecule has 0 aliphatic rings. The van der Waals surface area contributed by atoms with Crippen molar-refractivity contribution in [1.29, 1.82) is 0 Å². The van der Waals surface area contributed by atoms with Gasteiger partial charge in [0.05, 0.1) is 10.7 Å². The normalized spacial score (nSPS) is 10.4. The Bertz CT molecular complexity index is 336. The Hall–Kier alpha value is -0.940. The van der Waals surface area contributed by atoms with Gasteiger partial charge in [-0.1, -0.05) is 0 Å². The molecule has 0 bridgehead atoms. The van der Waals surface area contributed by atoms with Gasteiger partial charge in [0.25, 0.3) is 0 Å². The highest BCUT2D eigenvalue weighted by atomic mass is 32.1. The van der Waals surface area contributed by atoms with Gasteiger partial charge in [0, 0.05) is 32.4 Å². The summed E-state index contributed by atoms with van der Waals surface area (Å²) in [7, 11) is 3.57. The maximum atomic E-state index is 11.3. The van der Waals surface area contributed by atoms with Crippen molar-refractivity contribution in [3.8, 4) is 0 Å². The lowest BCUT2D eigenvalue weighted by Gasteiger charge is -2.09. The molecule has 0 aliphatic heterocycles. The van der Waals surface area contributed by atoms with Gasteiger partial charge in [-0.25, -0.2) is 4.98 Å². The van der Waals surface area contributed by atoms with E-state index in [9.17, 15) is 4.79 Å².